The minimum Gasteiger partial charge on any atom is -0.352 e. The second kappa shape index (κ2) is 7.27. The summed E-state index contributed by atoms with van der Waals surface area (Å²) in [5, 5.41) is 5.45. The summed E-state index contributed by atoms with van der Waals surface area (Å²) in [6, 6.07) is 6.57. The first-order valence-corrected chi connectivity index (χ1v) is 5.96. The van der Waals surface area contributed by atoms with Crippen LogP contribution in [-0.4, -0.2) is 24.9 Å². The van der Waals surface area contributed by atoms with Crippen molar-refractivity contribution in [2.45, 2.75) is 13.3 Å². The van der Waals surface area contributed by atoms with Gasteiger partial charge in [-0.05, 0) is 30.7 Å². The van der Waals surface area contributed by atoms with Crippen molar-refractivity contribution >= 4 is 11.8 Å². The number of carbonyl (C=O) groups is 2. The number of amides is 2. The predicted molar refractivity (Wildman–Crippen MR) is 71.6 cm³/mol. The van der Waals surface area contributed by atoms with Crippen molar-refractivity contribution in [2.75, 3.05) is 13.1 Å². The fraction of sp³-hybridized carbons (Fsp3) is 0.286. The Kier molecular flexibility index (Phi) is 5.64. The standard InChI is InChI=1S/C14H18N2O2/c1-3-9-15-13(17)11-5-7-12(8-6-11)14(18)16-10-4-2/h3,5-8H,1,4,9-10H2,2H3,(H,15,17)(H,16,18). The molecule has 0 heterocycles. The average molecular weight is 246 g/mol. The van der Waals surface area contributed by atoms with Crippen molar-refractivity contribution in [2.24, 2.45) is 0 Å². The summed E-state index contributed by atoms with van der Waals surface area (Å²) >= 11 is 0. The smallest absolute Gasteiger partial charge is 0.251 e. The molecule has 0 saturated carbocycles. The zero-order chi connectivity index (χ0) is 13.4. The monoisotopic (exact) mass is 246 g/mol. The van der Waals surface area contributed by atoms with Crippen molar-refractivity contribution in [1.82, 2.24) is 10.6 Å². The lowest BCUT2D eigenvalue weighted by molar-refractivity contribution is 0.0943. The lowest BCUT2D eigenvalue weighted by Gasteiger charge is -2.05. The maximum absolute atomic E-state index is 11.6. The van der Waals surface area contributed by atoms with E-state index in [9.17, 15) is 9.59 Å². The molecule has 1 aromatic carbocycles. The van der Waals surface area contributed by atoms with Gasteiger partial charge in [0.25, 0.3) is 11.8 Å². The van der Waals surface area contributed by atoms with E-state index in [-0.39, 0.29) is 11.8 Å². The molecule has 0 radical (unpaired) electrons. The zero-order valence-electron chi connectivity index (χ0n) is 10.5. The highest BCUT2D eigenvalue weighted by Crippen LogP contribution is 2.04. The molecule has 0 bridgehead atoms. The van der Waals surface area contributed by atoms with Gasteiger partial charge in [0.2, 0.25) is 0 Å². The molecule has 0 aliphatic heterocycles. The highest BCUT2D eigenvalue weighted by atomic mass is 16.2. The summed E-state index contributed by atoms with van der Waals surface area (Å²) in [7, 11) is 0. The minimum absolute atomic E-state index is 0.116. The molecule has 18 heavy (non-hydrogen) atoms. The third-order valence-corrected chi connectivity index (χ3v) is 2.35. The van der Waals surface area contributed by atoms with Gasteiger partial charge in [-0.1, -0.05) is 13.0 Å². The van der Waals surface area contributed by atoms with E-state index < -0.39 is 0 Å². The van der Waals surface area contributed by atoms with Gasteiger partial charge in [-0.2, -0.15) is 0 Å². The second-order valence-electron chi connectivity index (χ2n) is 3.83. The molecule has 2 N–H and O–H groups in total. The molecule has 4 heteroatoms. The molecule has 96 valence electrons. The van der Waals surface area contributed by atoms with E-state index >= 15 is 0 Å². The van der Waals surface area contributed by atoms with Crippen LogP contribution in [0.3, 0.4) is 0 Å². The molecule has 0 aromatic heterocycles. The lowest BCUT2D eigenvalue weighted by atomic mass is 10.1. The zero-order valence-corrected chi connectivity index (χ0v) is 10.5. The highest BCUT2D eigenvalue weighted by molar-refractivity contribution is 5.97. The SMILES string of the molecule is C=CCNC(=O)c1ccc(C(=O)NCCC)cc1. The summed E-state index contributed by atoms with van der Waals surface area (Å²) in [5.41, 5.74) is 1.09. The predicted octanol–water partition coefficient (Wildman–Crippen LogP) is 1.74. The molecular weight excluding hydrogens is 228 g/mol. The van der Waals surface area contributed by atoms with Crippen molar-refractivity contribution in [3.63, 3.8) is 0 Å². The van der Waals surface area contributed by atoms with Crippen molar-refractivity contribution in [3.05, 3.63) is 48.0 Å². The van der Waals surface area contributed by atoms with Gasteiger partial charge in [0.15, 0.2) is 0 Å². The number of benzene rings is 1. The molecule has 4 nitrogen and oxygen atoms in total. The van der Waals surface area contributed by atoms with E-state index in [0.717, 1.165) is 6.42 Å². The van der Waals surface area contributed by atoms with Crippen molar-refractivity contribution in [1.29, 1.82) is 0 Å². The molecule has 0 aliphatic rings. The van der Waals surface area contributed by atoms with Gasteiger partial charge in [-0.25, -0.2) is 0 Å². The Morgan fingerprint density at radius 1 is 1.11 bits per heavy atom. The number of hydrogen-bond donors (Lipinski definition) is 2. The Morgan fingerprint density at radius 2 is 1.61 bits per heavy atom. The van der Waals surface area contributed by atoms with Gasteiger partial charge >= 0.3 is 0 Å². The summed E-state index contributed by atoms with van der Waals surface area (Å²) < 4.78 is 0. The Balaban J connectivity index is 2.64. The van der Waals surface area contributed by atoms with E-state index in [1.165, 1.54) is 0 Å². The Morgan fingerprint density at radius 3 is 2.06 bits per heavy atom. The summed E-state index contributed by atoms with van der Waals surface area (Å²) in [5.74, 6) is -0.287. The normalized spacial score (nSPS) is 9.61. The van der Waals surface area contributed by atoms with Crippen LogP contribution in [0.15, 0.2) is 36.9 Å². The lowest BCUT2D eigenvalue weighted by Crippen LogP contribution is -2.25. The first kappa shape index (κ1) is 14.0. The number of carbonyl (C=O) groups excluding carboxylic acids is 2. The number of rotatable bonds is 6. The average Bonchev–Trinajstić information content (AvgIpc) is 2.42. The van der Waals surface area contributed by atoms with Crippen LogP contribution in [0.5, 0.6) is 0 Å². The molecular formula is C14H18N2O2. The summed E-state index contributed by atoms with van der Waals surface area (Å²) in [6.07, 6.45) is 2.51. The van der Waals surface area contributed by atoms with Gasteiger partial charge in [0.05, 0.1) is 0 Å². The quantitative estimate of drug-likeness (QED) is 0.751. The minimum atomic E-state index is -0.171. The van der Waals surface area contributed by atoms with Crippen LogP contribution >= 0.6 is 0 Å². The third-order valence-electron chi connectivity index (χ3n) is 2.35. The number of nitrogens with one attached hydrogen (secondary N) is 2. The molecule has 2 amide bonds. The molecule has 0 saturated heterocycles. The van der Waals surface area contributed by atoms with Crippen LogP contribution in [0.2, 0.25) is 0 Å². The van der Waals surface area contributed by atoms with E-state index in [1.807, 2.05) is 6.92 Å². The molecule has 1 aromatic rings. The summed E-state index contributed by atoms with van der Waals surface area (Å²) in [6.45, 7) is 6.60. The Hall–Kier alpha value is -2.10. The van der Waals surface area contributed by atoms with E-state index in [4.69, 9.17) is 0 Å². The molecule has 0 spiro atoms. The van der Waals surface area contributed by atoms with Crippen LogP contribution in [0.4, 0.5) is 0 Å². The second-order valence-corrected chi connectivity index (χ2v) is 3.83. The maximum Gasteiger partial charge on any atom is 0.251 e. The molecule has 0 unspecified atom stereocenters. The maximum atomic E-state index is 11.6. The van der Waals surface area contributed by atoms with Gasteiger partial charge in [-0.3, -0.25) is 9.59 Å². The third kappa shape index (κ3) is 4.05. The topological polar surface area (TPSA) is 58.2 Å². The van der Waals surface area contributed by atoms with Crippen LogP contribution in [-0.2, 0) is 0 Å². The Labute approximate surface area is 107 Å². The first-order chi connectivity index (χ1) is 8.69. The van der Waals surface area contributed by atoms with Gasteiger partial charge < -0.3 is 10.6 Å². The summed E-state index contributed by atoms with van der Waals surface area (Å²) in [4.78, 5) is 23.2. The fourth-order valence-electron chi connectivity index (χ4n) is 1.38. The van der Waals surface area contributed by atoms with Gasteiger partial charge in [0, 0.05) is 24.2 Å². The van der Waals surface area contributed by atoms with Crippen LogP contribution < -0.4 is 10.6 Å². The van der Waals surface area contributed by atoms with Crippen LogP contribution in [0.1, 0.15) is 34.1 Å². The fourth-order valence-corrected chi connectivity index (χ4v) is 1.38. The highest BCUT2D eigenvalue weighted by Gasteiger charge is 2.07. The number of hydrogen-bond acceptors (Lipinski definition) is 2. The van der Waals surface area contributed by atoms with E-state index in [2.05, 4.69) is 17.2 Å². The molecule has 1 rings (SSSR count). The van der Waals surface area contributed by atoms with Crippen LogP contribution in [0, 0.1) is 0 Å². The molecule has 0 aliphatic carbocycles. The molecule has 0 atom stereocenters. The van der Waals surface area contributed by atoms with Crippen LogP contribution in [0.25, 0.3) is 0 Å². The Bertz CT molecular complexity index is 424. The van der Waals surface area contributed by atoms with E-state index in [0.29, 0.717) is 24.2 Å². The van der Waals surface area contributed by atoms with E-state index in [1.54, 1.807) is 30.3 Å². The van der Waals surface area contributed by atoms with Gasteiger partial charge in [0.1, 0.15) is 0 Å². The molecule has 0 fully saturated rings. The largest absolute Gasteiger partial charge is 0.352 e. The van der Waals surface area contributed by atoms with Gasteiger partial charge in [-0.15, -0.1) is 6.58 Å². The van der Waals surface area contributed by atoms with Crippen molar-refractivity contribution < 1.29 is 9.59 Å². The van der Waals surface area contributed by atoms with Crippen molar-refractivity contribution in [3.8, 4) is 0 Å². The first-order valence-electron chi connectivity index (χ1n) is 5.96.